The molecule has 0 saturated carbocycles. The van der Waals surface area contributed by atoms with Gasteiger partial charge < -0.3 is 9.88 Å². The summed E-state index contributed by atoms with van der Waals surface area (Å²) >= 11 is 5.95. The summed E-state index contributed by atoms with van der Waals surface area (Å²) in [7, 11) is 0. The van der Waals surface area contributed by atoms with Crippen molar-refractivity contribution >= 4 is 23.2 Å². The highest BCUT2D eigenvalue weighted by molar-refractivity contribution is 6.30. The Kier molecular flexibility index (Phi) is 4.81. The minimum absolute atomic E-state index is 0.0565. The molecule has 0 spiro atoms. The van der Waals surface area contributed by atoms with Gasteiger partial charge in [-0.05, 0) is 54.8 Å². The molecule has 0 saturated heterocycles. The Morgan fingerprint density at radius 1 is 1.00 bits per heavy atom. The summed E-state index contributed by atoms with van der Waals surface area (Å²) in [4.78, 5) is 13.2. The molecular weight excluding hydrogens is 344 g/mol. The largest absolute Gasteiger partial charge is 0.351 e. The number of amides is 1. The van der Waals surface area contributed by atoms with E-state index in [1.807, 2.05) is 30.3 Å². The second-order valence-electron chi connectivity index (χ2n) is 6.76. The fourth-order valence-corrected chi connectivity index (χ4v) is 4.01. The first-order chi connectivity index (χ1) is 12.7. The molecule has 0 unspecified atom stereocenters. The quantitative estimate of drug-likeness (QED) is 0.670. The number of fused-ring (bicyclic) bond motifs is 1. The Balaban J connectivity index is 1.68. The first-order valence-corrected chi connectivity index (χ1v) is 9.36. The predicted octanol–water partition coefficient (Wildman–Crippen LogP) is 5.32. The summed E-state index contributed by atoms with van der Waals surface area (Å²) in [5.41, 5.74) is 3.18. The second-order valence-corrected chi connectivity index (χ2v) is 7.20. The van der Waals surface area contributed by atoms with Gasteiger partial charge in [0.25, 0.3) is 0 Å². The maximum absolute atomic E-state index is 13.2. The topological polar surface area (TPSA) is 34.0 Å². The molecule has 1 N–H and O–H groups in total. The molecule has 3 nitrogen and oxygen atoms in total. The van der Waals surface area contributed by atoms with Crippen LogP contribution in [0.15, 0.2) is 72.9 Å². The molecule has 1 aromatic heterocycles. The van der Waals surface area contributed by atoms with Gasteiger partial charge in [0.15, 0.2) is 0 Å². The zero-order chi connectivity index (χ0) is 17.9. The lowest BCUT2D eigenvalue weighted by Crippen LogP contribution is -2.28. The zero-order valence-electron chi connectivity index (χ0n) is 14.4. The Labute approximate surface area is 158 Å². The van der Waals surface area contributed by atoms with Gasteiger partial charge >= 0.3 is 0 Å². The molecule has 3 aromatic rings. The van der Waals surface area contributed by atoms with Crippen LogP contribution in [0, 0.1) is 5.92 Å². The first-order valence-electron chi connectivity index (χ1n) is 8.99. The maximum Gasteiger partial charge on any atom is 0.228 e. The number of benzene rings is 2. The standard InChI is InChI=1S/C22H21ClN2O/c23-17-10-12-18(13-11-17)24-22(26)19-8-4-14-25-15-5-9-20(25)21(19)16-6-2-1-3-7-16/h1-3,5-7,9-13,15,19,21H,4,8,14H2,(H,24,26)/t19-,21-/m0/s1. The van der Waals surface area contributed by atoms with Crippen molar-refractivity contribution in [2.75, 3.05) is 5.32 Å². The summed E-state index contributed by atoms with van der Waals surface area (Å²) in [5.74, 6) is 0.0149. The van der Waals surface area contributed by atoms with E-state index in [-0.39, 0.29) is 17.7 Å². The van der Waals surface area contributed by atoms with Crippen molar-refractivity contribution < 1.29 is 4.79 Å². The van der Waals surface area contributed by atoms with Crippen LogP contribution in [0.2, 0.25) is 5.02 Å². The third-order valence-electron chi connectivity index (χ3n) is 5.11. The van der Waals surface area contributed by atoms with Crippen LogP contribution in [-0.4, -0.2) is 10.5 Å². The number of anilines is 1. The average Bonchev–Trinajstić information content (AvgIpc) is 3.04. The van der Waals surface area contributed by atoms with Crippen molar-refractivity contribution in [3.05, 3.63) is 89.2 Å². The molecule has 1 aliphatic rings. The van der Waals surface area contributed by atoms with Crippen LogP contribution in [0.4, 0.5) is 5.69 Å². The van der Waals surface area contributed by atoms with E-state index in [0.717, 1.165) is 25.1 Å². The number of nitrogens with zero attached hydrogens (tertiary/aromatic N) is 1. The molecule has 1 amide bonds. The van der Waals surface area contributed by atoms with E-state index in [1.54, 1.807) is 12.1 Å². The summed E-state index contributed by atoms with van der Waals surface area (Å²) in [6.07, 6.45) is 3.97. The van der Waals surface area contributed by atoms with E-state index in [4.69, 9.17) is 11.6 Å². The van der Waals surface area contributed by atoms with E-state index in [9.17, 15) is 4.79 Å². The number of aryl methyl sites for hydroxylation is 1. The lowest BCUT2D eigenvalue weighted by Gasteiger charge is -2.25. The number of hydrogen-bond acceptors (Lipinski definition) is 1. The smallest absolute Gasteiger partial charge is 0.228 e. The molecule has 2 heterocycles. The third-order valence-corrected chi connectivity index (χ3v) is 5.36. The van der Waals surface area contributed by atoms with E-state index >= 15 is 0 Å². The molecule has 4 rings (SSSR count). The minimum Gasteiger partial charge on any atom is -0.351 e. The Morgan fingerprint density at radius 3 is 2.54 bits per heavy atom. The maximum atomic E-state index is 13.2. The third kappa shape index (κ3) is 3.40. The van der Waals surface area contributed by atoms with Crippen LogP contribution in [0.25, 0.3) is 0 Å². The van der Waals surface area contributed by atoms with Gasteiger partial charge in [-0.3, -0.25) is 4.79 Å². The highest BCUT2D eigenvalue weighted by Crippen LogP contribution is 2.38. The van der Waals surface area contributed by atoms with Crippen LogP contribution >= 0.6 is 11.6 Å². The van der Waals surface area contributed by atoms with Crippen LogP contribution < -0.4 is 5.32 Å². The van der Waals surface area contributed by atoms with Crippen molar-refractivity contribution in [1.82, 2.24) is 4.57 Å². The van der Waals surface area contributed by atoms with E-state index in [1.165, 1.54) is 11.3 Å². The van der Waals surface area contributed by atoms with Gasteiger partial charge in [-0.2, -0.15) is 0 Å². The Bertz CT molecular complexity index is 886. The van der Waals surface area contributed by atoms with Crippen LogP contribution in [0.1, 0.15) is 30.0 Å². The highest BCUT2D eigenvalue weighted by atomic mass is 35.5. The van der Waals surface area contributed by atoms with Gasteiger partial charge in [-0.15, -0.1) is 0 Å². The van der Waals surface area contributed by atoms with Crippen LogP contribution in [0.5, 0.6) is 0 Å². The lowest BCUT2D eigenvalue weighted by atomic mass is 9.81. The first kappa shape index (κ1) is 16.9. The number of rotatable bonds is 3. The van der Waals surface area contributed by atoms with Crippen molar-refractivity contribution in [1.29, 1.82) is 0 Å². The van der Waals surface area contributed by atoms with Crippen LogP contribution in [-0.2, 0) is 11.3 Å². The number of halogens is 1. The SMILES string of the molecule is O=C(Nc1ccc(Cl)cc1)[C@H]1CCCn2cccc2[C@H]1c1ccccc1. The number of carbonyl (C=O) groups is 1. The van der Waals surface area contributed by atoms with Crippen molar-refractivity contribution in [3.63, 3.8) is 0 Å². The normalized spacial score (nSPS) is 19.4. The molecule has 0 aliphatic carbocycles. The molecule has 2 aromatic carbocycles. The fourth-order valence-electron chi connectivity index (χ4n) is 3.88. The summed E-state index contributed by atoms with van der Waals surface area (Å²) in [5, 5.41) is 3.75. The molecule has 0 radical (unpaired) electrons. The average molecular weight is 365 g/mol. The lowest BCUT2D eigenvalue weighted by molar-refractivity contribution is -0.120. The van der Waals surface area contributed by atoms with Gasteiger partial charge in [0.2, 0.25) is 5.91 Å². The summed E-state index contributed by atoms with van der Waals surface area (Å²) < 4.78 is 2.28. The molecule has 132 valence electrons. The molecule has 1 aliphatic heterocycles. The van der Waals surface area contributed by atoms with Gasteiger partial charge in [0.05, 0.1) is 5.92 Å². The molecular formula is C22H21ClN2O. The van der Waals surface area contributed by atoms with Crippen molar-refractivity contribution in [2.45, 2.75) is 25.3 Å². The van der Waals surface area contributed by atoms with Gasteiger partial charge in [0.1, 0.15) is 0 Å². The minimum atomic E-state index is -0.107. The number of aromatic nitrogens is 1. The second kappa shape index (κ2) is 7.38. The molecule has 0 fully saturated rings. The fraction of sp³-hybridized carbons (Fsp3) is 0.227. The molecule has 0 bridgehead atoms. The highest BCUT2D eigenvalue weighted by Gasteiger charge is 2.34. The van der Waals surface area contributed by atoms with Gasteiger partial charge in [0, 0.05) is 35.1 Å². The summed E-state index contributed by atoms with van der Waals surface area (Å²) in [6, 6.07) is 21.8. The number of carbonyl (C=O) groups excluding carboxylic acids is 1. The van der Waals surface area contributed by atoms with Crippen molar-refractivity contribution in [3.8, 4) is 0 Å². The van der Waals surface area contributed by atoms with E-state index < -0.39 is 0 Å². The number of hydrogen-bond donors (Lipinski definition) is 1. The van der Waals surface area contributed by atoms with Crippen LogP contribution in [0.3, 0.4) is 0 Å². The summed E-state index contributed by atoms with van der Waals surface area (Å²) in [6.45, 7) is 0.955. The van der Waals surface area contributed by atoms with Gasteiger partial charge in [-0.25, -0.2) is 0 Å². The Hall–Kier alpha value is -2.52. The zero-order valence-corrected chi connectivity index (χ0v) is 15.2. The van der Waals surface area contributed by atoms with Crippen molar-refractivity contribution in [2.24, 2.45) is 5.92 Å². The molecule has 26 heavy (non-hydrogen) atoms. The molecule has 4 heteroatoms. The van der Waals surface area contributed by atoms with Gasteiger partial charge in [-0.1, -0.05) is 41.9 Å². The Morgan fingerprint density at radius 2 is 1.77 bits per heavy atom. The predicted molar refractivity (Wildman–Crippen MR) is 106 cm³/mol. The van der Waals surface area contributed by atoms with E-state index in [2.05, 4.69) is 40.3 Å². The molecule has 2 atom stereocenters. The van der Waals surface area contributed by atoms with E-state index in [0.29, 0.717) is 5.02 Å². The monoisotopic (exact) mass is 364 g/mol. The number of nitrogens with one attached hydrogen (secondary N) is 1.